The lowest BCUT2D eigenvalue weighted by Gasteiger charge is -2.39. The predicted molar refractivity (Wildman–Crippen MR) is 123 cm³/mol. The Kier molecular flexibility index (Phi) is 9.47. The maximum Gasteiger partial charge on any atom is 0.193 e. The molecule has 1 aromatic rings. The van der Waals surface area contributed by atoms with E-state index < -0.39 is 14.6 Å². The van der Waals surface area contributed by atoms with E-state index in [9.17, 15) is 12.8 Å². The van der Waals surface area contributed by atoms with Crippen LogP contribution in [0.3, 0.4) is 0 Å². The highest BCUT2D eigenvalue weighted by Crippen LogP contribution is 2.23. The van der Waals surface area contributed by atoms with E-state index in [1.54, 1.807) is 19.9 Å². The van der Waals surface area contributed by atoms with Crippen molar-refractivity contribution < 1.29 is 12.8 Å². The molecule has 0 atom stereocenters. The van der Waals surface area contributed by atoms with E-state index in [0.717, 1.165) is 16.9 Å². The predicted octanol–water partition coefficient (Wildman–Crippen LogP) is 3.61. The molecule has 27 heavy (non-hydrogen) atoms. The fraction of sp³-hybridized carbons (Fsp3) is 0.611. The van der Waals surface area contributed by atoms with Gasteiger partial charge in [0.05, 0.1) is 10.5 Å². The average molecular weight is 576 g/mol. The topological polar surface area (TPSA) is 61.8 Å². The minimum atomic E-state index is -3.08. The normalized spacial score (nSPS) is 18.7. The Bertz CT molecular complexity index is 772. The molecule has 1 saturated heterocycles. The van der Waals surface area contributed by atoms with Crippen LogP contribution in [0.5, 0.6) is 0 Å². The molecule has 1 fully saturated rings. The van der Waals surface area contributed by atoms with Crippen LogP contribution < -0.4 is 5.32 Å². The highest BCUT2D eigenvalue weighted by molar-refractivity contribution is 14.0. The van der Waals surface area contributed by atoms with Gasteiger partial charge in [-0.05, 0) is 51.3 Å². The van der Waals surface area contributed by atoms with Gasteiger partial charge in [-0.15, -0.1) is 24.0 Å². The first-order valence-corrected chi connectivity index (χ1v) is 11.3. The third-order valence-electron chi connectivity index (χ3n) is 4.56. The first-order chi connectivity index (χ1) is 12.2. The van der Waals surface area contributed by atoms with E-state index in [-0.39, 0.29) is 35.5 Å². The highest BCUT2D eigenvalue weighted by atomic mass is 127. The van der Waals surface area contributed by atoms with Crippen LogP contribution in [0.4, 0.5) is 4.39 Å². The van der Waals surface area contributed by atoms with Crippen LogP contribution in [-0.4, -0.2) is 56.0 Å². The molecule has 1 aliphatic rings. The summed E-state index contributed by atoms with van der Waals surface area (Å²) in [5.41, 5.74) is 0.679. The Morgan fingerprint density at radius 1 is 1.41 bits per heavy atom. The van der Waals surface area contributed by atoms with E-state index in [0.29, 0.717) is 38.2 Å². The van der Waals surface area contributed by atoms with E-state index in [4.69, 9.17) is 0 Å². The number of hydrogen-bond donors (Lipinski definition) is 1. The molecule has 5 nitrogen and oxygen atoms in total. The average Bonchev–Trinajstić information content (AvgIpc) is 2.55. The Hall–Kier alpha value is -0.420. The number of rotatable bonds is 5. The molecule has 2 rings (SSSR count). The summed E-state index contributed by atoms with van der Waals surface area (Å²) in [5.74, 6) is 0.652. The van der Waals surface area contributed by atoms with Gasteiger partial charge in [0.2, 0.25) is 0 Å². The number of nitrogens with zero attached hydrogens (tertiary/aromatic N) is 2. The molecule has 0 bridgehead atoms. The number of benzene rings is 1. The van der Waals surface area contributed by atoms with Crippen LogP contribution in [0, 0.1) is 5.82 Å². The van der Waals surface area contributed by atoms with E-state index >= 15 is 0 Å². The number of aliphatic imine (C=N–C) groups is 1. The molecule has 154 valence electrons. The van der Waals surface area contributed by atoms with E-state index in [1.807, 2.05) is 17.9 Å². The van der Waals surface area contributed by atoms with Gasteiger partial charge in [0.15, 0.2) is 15.8 Å². The summed E-state index contributed by atoms with van der Waals surface area (Å²) in [6.07, 6.45) is 1.34. The summed E-state index contributed by atoms with van der Waals surface area (Å²) in [7, 11) is -3.08. The van der Waals surface area contributed by atoms with Gasteiger partial charge < -0.3 is 10.2 Å². The van der Waals surface area contributed by atoms with Crippen molar-refractivity contribution in [1.82, 2.24) is 10.2 Å². The number of halogens is 3. The molecule has 9 heteroatoms. The summed E-state index contributed by atoms with van der Waals surface area (Å²) >= 11 is 3.26. The lowest BCUT2D eigenvalue weighted by molar-refractivity contribution is 0.353. The van der Waals surface area contributed by atoms with Crippen LogP contribution in [-0.2, 0) is 16.3 Å². The van der Waals surface area contributed by atoms with Crippen molar-refractivity contribution in [2.45, 2.75) is 38.4 Å². The smallest absolute Gasteiger partial charge is 0.193 e. The number of sulfone groups is 1. The van der Waals surface area contributed by atoms with Crippen molar-refractivity contribution in [2.24, 2.45) is 4.99 Å². The minimum absolute atomic E-state index is 0. The van der Waals surface area contributed by atoms with Crippen molar-refractivity contribution in [2.75, 3.05) is 31.9 Å². The summed E-state index contributed by atoms with van der Waals surface area (Å²) < 4.78 is 38.2. The molecule has 1 aromatic carbocycles. The number of nitrogens with one attached hydrogen (secondary N) is 1. The van der Waals surface area contributed by atoms with Crippen LogP contribution >= 0.6 is 39.9 Å². The van der Waals surface area contributed by atoms with Gasteiger partial charge in [-0.2, -0.15) is 0 Å². The zero-order valence-corrected chi connectivity index (χ0v) is 20.7. The molecule has 0 spiro atoms. The van der Waals surface area contributed by atoms with Gasteiger partial charge in [-0.1, -0.05) is 22.0 Å². The Morgan fingerprint density at radius 3 is 2.70 bits per heavy atom. The van der Waals surface area contributed by atoms with Crippen LogP contribution in [0.15, 0.2) is 27.7 Å². The van der Waals surface area contributed by atoms with Gasteiger partial charge in [0.1, 0.15) is 5.82 Å². The fourth-order valence-corrected chi connectivity index (χ4v) is 4.63. The maximum atomic E-state index is 13.9. The zero-order chi connectivity index (χ0) is 19.4. The highest BCUT2D eigenvalue weighted by Gasteiger charge is 2.40. The molecule has 0 unspecified atom stereocenters. The summed E-state index contributed by atoms with van der Waals surface area (Å²) in [4.78, 5) is 6.62. The van der Waals surface area contributed by atoms with E-state index in [1.165, 1.54) is 6.07 Å². The third kappa shape index (κ3) is 6.56. The van der Waals surface area contributed by atoms with Crippen molar-refractivity contribution in [3.8, 4) is 0 Å². The maximum absolute atomic E-state index is 13.9. The summed E-state index contributed by atoms with van der Waals surface area (Å²) in [6.45, 7) is 7.63. The number of hydrogen-bond acceptors (Lipinski definition) is 3. The third-order valence-corrected chi connectivity index (χ3v) is 7.59. The molecule has 0 amide bonds. The second kappa shape index (κ2) is 10.4. The molecular formula is C18H28BrFIN3O2S. The Labute approximate surface area is 187 Å². The van der Waals surface area contributed by atoms with E-state index in [2.05, 4.69) is 26.2 Å². The summed E-state index contributed by atoms with van der Waals surface area (Å²) in [6, 6.07) is 5.09. The molecule has 0 radical (unpaired) electrons. The van der Waals surface area contributed by atoms with Crippen molar-refractivity contribution in [3.05, 3.63) is 34.1 Å². The van der Waals surface area contributed by atoms with Crippen molar-refractivity contribution in [3.63, 3.8) is 0 Å². The zero-order valence-electron chi connectivity index (χ0n) is 16.0. The first kappa shape index (κ1) is 24.6. The molecule has 0 aliphatic carbocycles. The summed E-state index contributed by atoms with van der Waals surface area (Å²) in [5, 5.41) is 3.24. The van der Waals surface area contributed by atoms with Gasteiger partial charge in [-0.3, -0.25) is 4.99 Å². The largest absolute Gasteiger partial charge is 0.357 e. The van der Waals surface area contributed by atoms with Crippen LogP contribution in [0.25, 0.3) is 0 Å². The lowest BCUT2D eigenvalue weighted by Crippen LogP contribution is -2.57. The standard InChI is InChI=1S/C18H27BrFN3O2S.HI/c1-4-21-17(23-10-11-26(24,25)18(2,3)13-23)22-9-5-6-14-7-8-15(19)12-16(14)20;/h7-8,12H,4-6,9-11,13H2,1-3H3,(H,21,22);1H. The molecule has 0 aromatic heterocycles. The molecule has 1 aliphatic heterocycles. The van der Waals surface area contributed by atoms with Gasteiger partial charge in [0, 0.05) is 30.7 Å². The number of aryl methyl sites for hydroxylation is 1. The molecule has 1 heterocycles. The molecule has 1 N–H and O–H groups in total. The van der Waals surface area contributed by atoms with Gasteiger partial charge in [0.25, 0.3) is 0 Å². The SMILES string of the molecule is CCNC(=NCCCc1ccc(Br)cc1F)N1CCS(=O)(=O)C(C)(C)C1.I. The first-order valence-electron chi connectivity index (χ1n) is 8.86. The van der Waals surface area contributed by atoms with Gasteiger partial charge >= 0.3 is 0 Å². The fourth-order valence-electron chi connectivity index (χ4n) is 2.93. The second-order valence-corrected chi connectivity index (χ2v) is 10.7. The van der Waals surface area contributed by atoms with Crippen LogP contribution in [0.1, 0.15) is 32.8 Å². The Balaban J connectivity index is 0.00000364. The second-order valence-electron chi connectivity index (χ2n) is 7.08. The quantitative estimate of drug-likeness (QED) is 0.252. The number of guanidine groups is 1. The van der Waals surface area contributed by atoms with Crippen molar-refractivity contribution in [1.29, 1.82) is 0 Å². The lowest BCUT2D eigenvalue weighted by atomic mass is 10.1. The van der Waals surface area contributed by atoms with Gasteiger partial charge in [-0.25, -0.2) is 12.8 Å². The molecular weight excluding hydrogens is 548 g/mol. The molecule has 0 saturated carbocycles. The van der Waals surface area contributed by atoms with Crippen LogP contribution in [0.2, 0.25) is 0 Å². The van der Waals surface area contributed by atoms with Crippen molar-refractivity contribution >= 4 is 55.7 Å². The Morgan fingerprint density at radius 2 is 2.11 bits per heavy atom. The minimum Gasteiger partial charge on any atom is -0.357 e. The monoisotopic (exact) mass is 575 g/mol.